The molecule has 0 saturated carbocycles. The average Bonchev–Trinajstić information content (AvgIpc) is 2.33. The number of nitrogens with two attached hydrogens (primary N) is 1. The Morgan fingerprint density at radius 3 is 2.75 bits per heavy atom. The van der Waals surface area contributed by atoms with Gasteiger partial charge in [-0.2, -0.15) is 0 Å². The molecular weight excluding hydrogens is 197 g/mol. The second kappa shape index (κ2) is 3.65. The van der Waals surface area contributed by atoms with E-state index in [1.54, 1.807) is 18.3 Å². The first-order chi connectivity index (χ1) is 5.61. The minimum atomic E-state index is -0.0506. The van der Waals surface area contributed by atoms with Gasteiger partial charge in [0.05, 0.1) is 10.7 Å². The number of rotatable bonds is 2. The molecule has 0 unspecified atom stereocenters. The summed E-state index contributed by atoms with van der Waals surface area (Å²) < 4.78 is 1.46. The molecule has 1 aromatic heterocycles. The second-order valence-electron chi connectivity index (χ2n) is 2.07. The minimum Gasteiger partial charge on any atom is -0.373 e. The summed E-state index contributed by atoms with van der Waals surface area (Å²) >= 11 is 11.0. The van der Waals surface area contributed by atoms with Crippen LogP contribution in [0.3, 0.4) is 0 Å². The number of amidine groups is 1. The highest BCUT2D eigenvalue weighted by Crippen LogP contribution is 2.16. The van der Waals surface area contributed by atoms with E-state index in [9.17, 15) is 0 Å². The molecule has 3 nitrogen and oxygen atoms in total. The lowest BCUT2D eigenvalue weighted by atomic mass is 10.4. The zero-order valence-corrected chi connectivity index (χ0v) is 7.68. The van der Waals surface area contributed by atoms with Crippen molar-refractivity contribution in [1.29, 1.82) is 0 Å². The van der Waals surface area contributed by atoms with Gasteiger partial charge < -0.3 is 5.73 Å². The van der Waals surface area contributed by atoms with Crippen LogP contribution in [0.1, 0.15) is 5.69 Å². The van der Waals surface area contributed by atoms with Gasteiger partial charge in [0.15, 0.2) is 0 Å². The predicted molar refractivity (Wildman–Crippen MR) is 52.2 cm³/mol. The molecule has 1 heterocycles. The first-order valence-corrected chi connectivity index (χ1v) is 3.89. The van der Waals surface area contributed by atoms with E-state index in [1.165, 1.54) is 4.68 Å². The van der Waals surface area contributed by atoms with Crippen LogP contribution < -0.4 is 5.73 Å². The third-order valence-corrected chi connectivity index (χ3v) is 1.48. The zero-order chi connectivity index (χ0) is 9.14. The topological polar surface area (TPSA) is 43.3 Å². The molecule has 0 saturated heterocycles. The SMILES string of the molecule is C=C(Cl)c1cccn1/N=C(\N)Cl. The highest BCUT2D eigenvalue weighted by molar-refractivity contribution is 6.64. The molecule has 2 N–H and O–H groups in total. The maximum absolute atomic E-state index is 5.66. The van der Waals surface area contributed by atoms with Gasteiger partial charge in [0.25, 0.3) is 0 Å². The van der Waals surface area contributed by atoms with E-state index in [4.69, 9.17) is 28.9 Å². The molecule has 0 spiro atoms. The highest BCUT2D eigenvalue weighted by atomic mass is 35.5. The normalized spacial score (nSPS) is 11.7. The van der Waals surface area contributed by atoms with Crippen LogP contribution in [0.25, 0.3) is 5.03 Å². The summed E-state index contributed by atoms with van der Waals surface area (Å²) in [5.74, 6) is 0. The second-order valence-corrected chi connectivity index (χ2v) is 2.91. The van der Waals surface area contributed by atoms with E-state index in [-0.39, 0.29) is 5.29 Å². The number of aromatic nitrogens is 1. The van der Waals surface area contributed by atoms with Gasteiger partial charge in [-0.25, -0.2) is 4.68 Å². The van der Waals surface area contributed by atoms with Crippen molar-refractivity contribution in [3.05, 3.63) is 30.6 Å². The third-order valence-electron chi connectivity index (χ3n) is 1.21. The Labute approximate surface area is 80.1 Å². The Morgan fingerprint density at radius 2 is 2.25 bits per heavy atom. The minimum absolute atomic E-state index is 0.0506. The van der Waals surface area contributed by atoms with E-state index in [0.29, 0.717) is 10.7 Å². The summed E-state index contributed by atoms with van der Waals surface area (Å²) in [5, 5.41) is 4.11. The fourth-order valence-electron chi connectivity index (χ4n) is 0.777. The number of hydrogen-bond acceptors (Lipinski definition) is 1. The average molecular weight is 204 g/mol. The van der Waals surface area contributed by atoms with Gasteiger partial charge >= 0.3 is 0 Å². The first kappa shape index (κ1) is 9.16. The van der Waals surface area contributed by atoms with Gasteiger partial charge in [0.2, 0.25) is 5.29 Å². The molecule has 0 aliphatic rings. The molecule has 0 aromatic carbocycles. The van der Waals surface area contributed by atoms with Crippen molar-refractivity contribution < 1.29 is 0 Å². The Kier molecular flexibility index (Phi) is 2.78. The van der Waals surface area contributed by atoms with Gasteiger partial charge in [0, 0.05) is 6.20 Å². The Bertz CT molecular complexity index is 323. The molecule has 0 aliphatic carbocycles. The van der Waals surface area contributed by atoms with Gasteiger partial charge in [-0.15, -0.1) is 5.10 Å². The van der Waals surface area contributed by atoms with Crippen LogP contribution in [0, 0.1) is 0 Å². The molecule has 12 heavy (non-hydrogen) atoms. The molecular formula is C7H7Cl2N3. The summed E-state index contributed by atoms with van der Waals surface area (Å²) in [4.78, 5) is 0. The lowest BCUT2D eigenvalue weighted by Crippen LogP contribution is -2.05. The summed E-state index contributed by atoms with van der Waals surface area (Å²) in [6, 6.07) is 3.53. The Balaban J connectivity index is 3.08. The van der Waals surface area contributed by atoms with E-state index in [0.717, 1.165) is 0 Å². The lowest BCUT2D eigenvalue weighted by molar-refractivity contribution is 0.876. The molecule has 1 aromatic rings. The molecule has 0 aliphatic heterocycles. The number of hydrogen-bond donors (Lipinski definition) is 1. The van der Waals surface area contributed by atoms with Crippen LogP contribution in [-0.4, -0.2) is 9.97 Å². The molecule has 5 heteroatoms. The molecule has 1 rings (SSSR count). The number of nitrogens with zero attached hydrogens (tertiary/aromatic N) is 2. The molecule has 0 amide bonds. The van der Waals surface area contributed by atoms with Crippen LogP contribution in [0.2, 0.25) is 0 Å². The smallest absolute Gasteiger partial charge is 0.212 e. The van der Waals surface area contributed by atoms with E-state index < -0.39 is 0 Å². The summed E-state index contributed by atoms with van der Waals surface area (Å²) in [6.07, 6.45) is 1.68. The monoisotopic (exact) mass is 203 g/mol. The summed E-state index contributed by atoms with van der Waals surface area (Å²) in [5.41, 5.74) is 5.84. The van der Waals surface area contributed by atoms with Crippen molar-refractivity contribution in [2.24, 2.45) is 10.8 Å². The molecule has 0 atom stereocenters. The summed E-state index contributed by atoms with van der Waals surface area (Å²) in [6.45, 7) is 3.56. The van der Waals surface area contributed by atoms with Crippen LogP contribution >= 0.6 is 23.2 Å². The van der Waals surface area contributed by atoms with Gasteiger partial charge in [0.1, 0.15) is 0 Å². The molecule has 64 valence electrons. The van der Waals surface area contributed by atoms with Crippen LogP contribution in [-0.2, 0) is 0 Å². The van der Waals surface area contributed by atoms with E-state index in [1.807, 2.05) is 0 Å². The van der Waals surface area contributed by atoms with Crippen molar-refractivity contribution in [1.82, 2.24) is 4.68 Å². The van der Waals surface area contributed by atoms with Gasteiger partial charge in [-0.3, -0.25) is 0 Å². The van der Waals surface area contributed by atoms with Crippen LogP contribution in [0.15, 0.2) is 30.0 Å². The van der Waals surface area contributed by atoms with Crippen molar-refractivity contribution in [3.8, 4) is 0 Å². The van der Waals surface area contributed by atoms with Crippen molar-refractivity contribution in [2.45, 2.75) is 0 Å². The Hall–Kier alpha value is -0.930. The lowest BCUT2D eigenvalue weighted by Gasteiger charge is -1.99. The largest absolute Gasteiger partial charge is 0.373 e. The fourth-order valence-corrected chi connectivity index (χ4v) is 1.01. The zero-order valence-electron chi connectivity index (χ0n) is 6.17. The fraction of sp³-hybridized carbons (Fsp3) is 0. The van der Waals surface area contributed by atoms with E-state index in [2.05, 4.69) is 11.7 Å². The molecule has 0 bridgehead atoms. The predicted octanol–water partition coefficient (Wildman–Crippen LogP) is 2.01. The number of halogens is 2. The highest BCUT2D eigenvalue weighted by Gasteiger charge is 2.00. The van der Waals surface area contributed by atoms with Crippen LogP contribution in [0.4, 0.5) is 0 Å². The first-order valence-electron chi connectivity index (χ1n) is 3.13. The maximum Gasteiger partial charge on any atom is 0.212 e. The van der Waals surface area contributed by atoms with Gasteiger partial charge in [-0.05, 0) is 23.7 Å². The van der Waals surface area contributed by atoms with Gasteiger partial charge in [-0.1, -0.05) is 18.2 Å². The standard InChI is InChI=1S/C7H7Cl2N3/c1-5(8)6-3-2-4-12(6)11-7(9)10/h2-4H,1H2,(H2,10,11). The van der Waals surface area contributed by atoms with E-state index >= 15 is 0 Å². The quantitative estimate of drug-likeness (QED) is 0.447. The summed E-state index contributed by atoms with van der Waals surface area (Å²) in [7, 11) is 0. The molecule has 0 radical (unpaired) electrons. The van der Waals surface area contributed by atoms with Crippen molar-refractivity contribution in [3.63, 3.8) is 0 Å². The molecule has 0 fully saturated rings. The Morgan fingerprint density at radius 1 is 1.58 bits per heavy atom. The third kappa shape index (κ3) is 2.03. The van der Waals surface area contributed by atoms with Crippen molar-refractivity contribution in [2.75, 3.05) is 0 Å². The van der Waals surface area contributed by atoms with Crippen molar-refractivity contribution >= 4 is 33.5 Å². The maximum atomic E-state index is 5.66. The van der Waals surface area contributed by atoms with Crippen LogP contribution in [0.5, 0.6) is 0 Å².